The van der Waals surface area contributed by atoms with Gasteiger partial charge in [-0.25, -0.2) is 4.79 Å². The Morgan fingerprint density at radius 1 is 0.909 bits per heavy atom. The number of aliphatic carboxylic acids is 2. The number of aliphatic hydroxyl groups is 1. The average Bonchev–Trinajstić information content (AvgIpc) is 2.70. The predicted octanol–water partition coefficient (Wildman–Crippen LogP) is -3.27. The topological polar surface area (TPSA) is 251 Å². The molecule has 15 heteroatoms. The van der Waals surface area contributed by atoms with Crippen LogP contribution in [-0.2, 0) is 28.8 Å². The summed E-state index contributed by atoms with van der Waals surface area (Å²) in [5.41, 5.74) is 10.5. The molecule has 0 bridgehead atoms. The molecular formula is C18H31N5O9S. The minimum atomic E-state index is -1.62. The average molecular weight is 494 g/mol. The van der Waals surface area contributed by atoms with Crippen LogP contribution in [0.3, 0.4) is 0 Å². The monoisotopic (exact) mass is 493 g/mol. The smallest absolute Gasteiger partial charge is 0.326 e. The number of carbonyl (C=O) groups excluding carboxylic acids is 4. The fourth-order valence-corrected chi connectivity index (χ4v) is 3.00. The first kappa shape index (κ1) is 30.1. The molecule has 0 fully saturated rings. The van der Waals surface area contributed by atoms with Crippen LogP contribution in [0.15, 0.2) is 0 Å². The summed E-state index contributed by atoms with van der Waals surface area (Å²) in [6.07, 6.45) is -0.942. The van der Waals surface area contributed by atoms with Gasteiger partial charge in [0.05, 0.1) is 18.6 Å². The lowest BCUT2D eigenvalue weighted by molar-refractivity contribution is -0.142. The number of carbonyl (C=O) groups is 6. The second-order valence-corrected chi connectivity index (χ2v) is 8.16. The van der Waals surface area contributed by atoms with Crippen LogP contribution >= 0.6 is 11.8 Å². The Labute approximate surface area is 194 Å². The molecule has 0 saturated carbocycles. The summed E-state index contributed by atoms with van der Waals surface area (Å²) in [5, 5.41) is 34.5. The Bertz CT molecular complexity index is 734. The van der Waals surface area contributed by atoms with E-state index in [4.69, 9.17) is 16.6 Å². The summed E-state index contributed by atoms with van der Waals surface area (Å²) >= 11 is 1.37. The number of carboxylic acids is 2. The molecule has 0 rings (SSSR count). The number of thioether (sulfide) groups is 1. The lowest BCUT2D eigenvalue weighted by atomic mass is 10.1. The van der Waals surface area contributed by atoms with Crippen LogP contribution < -0.4 is 27.4 Å². The number of hydrogen-bond donors (Lipinski definition) is 8. The maximum atomic E-state index is 12.7. The van der Waals surface area contributed by atoms with E-state index in [2.05, 4.69) is 16.0 Å². The van der Waals surface area contributed by atoms with E-state index >= 15 is 0 Å². The van der Waals surface area contributed by atoms with Crippen molar-refractivity contribution in [2.24, 2.45) is 11.5 Å². The Morgan fingerprint density at radius 3 is 1.94 bits per heavy atom. The summed E-state index contributed by atoms with van der Waals surface area (Å²) in [7, 11) is 0. The van der Waals surface area contributed by atoms with E-state index in [9.17, 15) is 39.0 Å². The fraction of sp³-hybridized carbons (Fsp3) is 0.667. The first-order valence-corrected chi connectivity index (χ1v) is 11.3. The van der Waals surface area contributed by atoms with Crippen LogP contribution in [0.2, 0.25) is 0 Å². The molecule has 33 heavy (non-hydrogen) atoms. The van der Waals surface area contributed by atoms with Gasteiger partial charge in [-0.3, -0.25) is 24.0 Å². The third-order valence-electron chi connectivity index (χ3n) is 4.33. The van der Waals surface area contributed by atoms with Gasteiger partial charge in [0, 0.05) is 6.42 Å². The van der Waals surface area contributed by atoms with Crippen LogP contribution in [0.5, 0.6) is 0 Å². The van der Waals surface area contributed by atoms with Crippen LogP contribution in [-0.4, -0.2) is 93.2 Å². The number of nitrogens with two attached hydrogens (primary N) is 2. The molecule has 4 amide bonds. The van der Waals surface area contributed by atoms with E-state index in [-0.39, 0.29) is 19.3 Å². The van der Waals surface area contributed by atoms with Gasteiger partial charge < -0.3 is 42.7 Å². The normalized spacial score (nSPS) is 15.3. The molecule has 0 aliphatic heterocycles. The molecule has 0 aliphatic rings. The van der Waals surface area contributed by atoms with Crippen molar-refractivity contribution in [3.63, 3.8) is 0 Å². The Kier molecular flexibility index (Phi) is 13.7. The van der Waals surface area contributed by atoms with Crippen molar-refractivity contribution in [3.8, 4) is 0 Å². The van der Waals surface area contributed by atoms with E-state index in [1.807, 2.05) is 0 Å². The van der Waals surface area contributed by atoms with Crippen LogP contribution in [0, 0.1) is 0 Å². The molecule has 188 valence electrons. The number of rotatable bonds is 16. The Morgan fingerprint density at radius 2 is 1.48 bits per heavy atom. The molecular weight excluding hydrogens is 462 g/mol. The Balaban J connectivity index is 5.47. The van der Waals surface area contributed by atoms with E-state index in [1.54, 1.807) is 6.26 Å². The van der Waals surface area contributed by atoms with Crippen molar-refractivity contribution in [3.05, 3.63) is 0 Å². The number of amides is 4. The van der Waals surface area contributed by atoms with Crippen molar-refractivity contribution in [1.82, 2.24) is 16.0 Å². The van der Waals surface area contributed by atoms with Crippen molar-refractivity contribution in [1.29, 1.82) is 0 Å². The predicted molar refractivity (Wildman–Crippen MR) is 117 cm³/mol. The fourth-order valence-electron chi connectivity index (χ4n) is 2.53. The van der Waals surface area contributed by atoms with Gasteiger partial charge in [0.25, 0.3) is 0 Å². The molecule has 0 aromatic heterocycles. The van der Waals surface area contributed by atoms with Crippen LogP contribution in [0.1, 0.15) is 32.6 Å². The number of hydrogen-bond acceptors (Lipinski definition) is 9. The van der Waals surface area contributed by atoms with Gasteiger partial charge in [0.2, 0.25) is 23.6 Å². The summed E-state index contributed by atoms with van der Waals surface area (Å²) in [5.74, 6) is -5.97. The summed E-state index contributed by atoms with van der Waals surface area (Å²) < 4.78 is 0. The molecule has 5 atom stereocenters. The zero-order valence-corrected chi connectivity index (χ0v) is 19.1. The molecule has 0 heterocycles. The minimum absolute atomic E-state index is 0.104. The van der Waals surface area contributed by atoms with Crippen LogP contribution in [0.4, 0.5) is 0 Å². The molecule has 0 aliphatic carbocycles. The second-order valence-electron chi connectivity index (χ2n) is 7.18. The molecule has 10 N–H and O–H groups in total. The van der Waals surface area contributed by atoms with Gasteiger partial charge in [-0.2, -0.15) is 11.8 Å². The molecule has 0 radical (unpaired) electrons. The first-order valence-electron chi connectivity index (χ1n) is 9.86. The van der Waals surface area contributed by atoms with Gasteiger partial charge in [-0.1, -0.05) is 0 Å². The maximum absolute atomic E-state index is 12.7. The largest absolute Gasteiger partial charge is 0.481 e. The molecule has 0 saturated heterocycles. The maximum Gasteiger partial charge on any atom is 0.326 e. The van der Waals surface area contributed by atoms with E-state index in [0.29, 0.717) is 5.75 Å². The lowest BCUT2D eigenvalue weighted by Crippen LogP contribution is -2.60. The van der Waals surface area contributed by atoms with Gasteiger partial charge in [-0.05, 0) is 31.8 Å². The van der Waals surface area contributed by atoms with Crippen molar-refractivity contribution < 1.29 is 44.1 Å². The highest BCUT2D eigenvalue weighted by molar-refractivity contribution is 7.98. The summed E-state index contributed by atoms with van der Waals surface area (Å²) in [6.45, 7) is 1.16. The molecule has 14 nitrogen and oxygen atoms in total. The molecule has 0 aromatic rings. The van der Waals surface area contributed by atoms with Crippen molar-refractivity contribution in [2.75, 3.05) is 12.0 Å². The SMILES string of the molecule is CSCCC(NC(=O)C(CCC(N)=O)NC(=O)C(NC(=O)C(N)CC(=O)O)C(C)O)C(=O)O. The molecule has 0 spiro atoms. The first-order chi connectivity index (χ1) is 15.3. The molecule has 0 aromatic carbocycles. The number of nitrogens with one attached hydrogen (secondary N) is 3. The highest BCUT2D eigenvalue weighted by Crippen LogP contribution is 2.05. The van der Waals surface area contributed by atoms with E-state index in [0.717, 1.165) is 6.92 Å². The van der Waals surface area contributed by atoms with Gasteiger partial charge >= 0.3 is 11.9 Å². The number of primary amides is 1. The third kappa shape index (κ3) is 12.1. The second kappa shape index (κ2) is 15.0. The van der Waals surface area contributed by atoms with Crippen molar-refractivity contribution >= 4 is 47.3 Å². The highest BCUT2D eigenvalue weighted by atomic mass is 32.2. The summed E-state index contributed by atoms with van der Waals surface area (Å²) in [4.78, 5) is 70.6. The van der Waals surface area contributed by atoms with Crippen molar-refractivity contribution in [2.45, 2.75) is 62.9 Å². The third-order valence-corrected chi connectivity index (χ3v) is 4.98. The lowest BCUT2D eigenvalue weighted by Gasteiger charge is -2.26. The Hall–Kier alpha value is -2.91. The van der Waals surface area contributed by atoms with E-state index < -0.39 is 72.3 Å². The van der Waals surface area contributed by atoms with Gasteiger partial charge in [-0.15, -0.1) is 0 Å². The number of carboxylic acid groups (broad SMARTS) is 2. The minimum Gasteiger partial charge on any atom is -0.481 e. The van der Waals surface area contributed by atoms with Crippen LogP contribution in [0.25, 0.3) is 0 Å². The molecule has 5 unspecified atom stereocenters. The standard InChI is InChI=1S/C18H31N5O9S/c1-8(24)14(23-15(28)9(19)7-13(26)27)17(30)21-10(3-4-12(20)25)16(29)22-11(18(31)32)5-6-33-2/h8-11,14,24H,3-7,19H2,1-2H3,(H2,20,25)(H,21,30)(H,22,29)(H,23,28)(H,26,27)(H,31,32). The highest BCUT2D eigenvalue weighted by Gasteiger charge is 2.32. The quantitative estimate of drug-likeness (QED) is 0.106. The summed E-state index contributed by atoms with van der Waals surface area (Å²) in [6, 6.07) is -5.78. The van der Waals surface area contributed by atoms with E-state index in [1.165, 1.54) is 11.8 Å². The van der Waals surface area contributed by atoms with Gasteiger partial charge in [0.15, 0.2) is 0 Å². The zero-order chi connectivity index (χ0) is 25.7. The van der Waals surface area contributed by atoms with Gasteiger partial charge in [0.1, 0.15) is 18.1 Å². The zero-order valence-electron chi connectivity index (χ0n) is 18.3. The number of aliphatic hydroxyl groups excluding tert-OH is 1.